The van der Waals surface area contributed by atoms with Crippen molar-refractivity contribution < 1.29 is 0 Å². The Hall–Kier alpha value is -1.41. The van der Waals surface area contributed by atoms with E-state index in [4.69, 9.17) is 0 Å². The smallest absolute Gasteiger partial charge is 0.0704 e. The van der Waals surface area contributed by atoms with E-state index in [-0.39, 0.29) is 0 Å². The summed E-state index contributed by atoms with van der Waals surface area (Å²) in [5, 5.41) is 4.84. The maximum absolute atomic E-state index is 4.55. The molecule has 1 N–H and O–H groups in total. The van der Waals surface area contributed by atoms with Crippen molar-refractivity contribution in [2.75, 3.05) is 13.1 Å². The van der Waals surface area contributed by atoms with E-state index in [9.17, 15) is 0 Å². The molecule has 0 spiro atoms. The molecule has 0 amide bonds. The Labute approximate surface area is 140 Å². The first kappa shape index (κ1) is 16.4. The number of nitrogens with zero attached hydrogens (tertiary/aromatic N) is 1. The number of hydrogen-bond donors (Lipinski definition) is 1. The zero-order valence-corrected chi connectivity index (χ0v) is 14.5. The van der Waals surface area contributed by atoms with Gasteiger partial charge in [-0.3, -0.25) is 4.98 Å². The van der Waals surface area contributed by atoms with Gasteiger partial charge >= 0.3 is 0 Å². The van der Waals surface area contributed by atoms with Gasteiger partial charge in [-0.2, -0.15) is 0 Å². The zero-order chi connectivity index (χ0) is 15.9. The van der Waals surface area contributed by atoms with Gasteiger partial charge in [0, 0.05) is 11.6 Å². The summed E-state index contributed by atoms with van der Waals surface area (Å²) in [6.45, 7) is 4.68. The summed E-state index contributed by atoms with van der Waals surface area (Å²) in [7, 11) is 0. The number of rotatable bonds is 7. The van der Waals surface area contributed by atoms with Crippen molar-refractivity contribution in [3.63, 3.8) is 0 Å². The van der Waals surface area contributed by atoms with Gasteiger partial charge in [-0.05, 0) is 86.9 Å². The molecule has 0 atom stereocenters. The molecule has 23 heavy (non-hydrogen) atoms. The van der Waals surface area contributed by atoms with Crippen LogP contribution in [0.2, 0.25) is 0 Å². The maximum atomic E-state index is 4.55. The third-order valence-corrected chi connectivity index (χ3v) is 5.23. The van der Waals surface area contributed by atoms with Gasteiger partial charge in [0.25, 0.3) is 0 Å². The number of unbranched alkanes of at least 4 members (excludes halogenated alkanes) is 1. The average Bonchev–Trinajstić information content (AvgIpc) is 2.61. The Bertz CT molecular complexity index is 614. The van der Waals surface area contributed by atoms with Crippen LogP contribution < -0.4 is 5.32 Å². The largest absolute Gasteiger partial charge is 0.317 e. The first-order chi connectivity index (χ1) is 11.4. The summed E-state index contributed by atoms with van der Waals surface area (Å²) >= 11 is 0. The quantitative estimate of drug-likeness (QED) is 0.787. The molecule has 0 aliphatic carbocycles. The molecule has 1 saturated heterocycles. The Morgan fingerprint density at radius 1 is 1.09 bits per heavy atom. The fraction of sp³-hybridized carbons (Fsp3) is 0.571. The second-order valence-corrected chi connectivity index (χ2v) is 7.01. The average molecular weight is 310 g/mol. The van der Waals surface area contributed by atoms with Crippen molar-refractivity contribution in [1.29, 1.82) is 0 Å². The Morgan fingerprint density at radius 2 is 1.96 bits per heavy atom. The molecular weight excluding hydrogens is 280 g/mol. The Morgan fingerprint density at radius 3 is 2.78 bits per heavy atom. The number of hydrogen-bond acceptors (Lipinski definition) is 2. The van der Waals surface area contributed by atoms with Crippen molar-refractivity contribution in [2.45, 2.75) is 58.3 Å². The third kappa shape index (κ3) is 4.54. The Kier molecular flexibility index (Phi) is 6.04. The molecule has 1 aromatic heterocycles. The van der Waals surface area contributed by atoms with Gasteiger partial charge in [-0.15, -0.1) is 0 Å². The number of nitrogens with one attached hydrogen (secondary N) is 1. The zero-order valence-electron chi connectivity index (χ0n) is 14.5. The van der Waals surface area contributed by atoms with Crippen molar-refractivity contribution in [3.05, 3.63) is 41.6 Å². The molecule has 1 fully saturated rings. The predicted molar refractivity (Wildman–Crippen MR) is 98.9 cm³/mol. The van der Waals surface area contributed by atoms with Gasteiger partial charge in [0.2, 0.25) is 0 Å². The van der Waals surface area contributed by atoms with Crippen LogP contribution >= 0.6 is 0 Å². The van der Waals surface area contributed by atoms with Crippen LogP contribution in [0.4, 0.5) is 0 Å². The van der Waals surface area contributed by atoms with Crippen molar-refractivity contribution in [3.8, 4) is 0 Å². The second kappa shape index (κ2) is 8.44. The van der Waals surface area contributed by atoms with Gasteiger partial charge in [0.05, 0.1) is 5.52 Å². The molecular formula is C21H30N2. The highest BCUT2D eigenvalue weighted by Gasteiger charge is 2.12. The molecule has 1 aliphatic rings. The van der Waals surface area contributed by atoms with Crippen LogP contribution in [0.5, 0.6) is 0 Å². The number of aryl methyl sites for hydroxylation is 2. The molecule has 2 heteroatoms. The molecule has 124 valence electrons. The number of pyridine rings is 1. The van der Waals surface area contributed by atoms with Crippen LogP contribution in [0.1, 0.15) is 56.6 Å². The summed E-state index contributed by atoms with van der Waals surface area (Å²) in [6, 6.07) is 9.08. The first-order valence-electron chi connectivity index (χ1n) is 9.44. The molecule has 0 bridgehead atoms. The lowest BCUT2D eigenvalue weighted by atomic mass is 9.91. The van der Waals surface area contributed by atoms with E-state index in [0.29, 0.717) is 0 Å². The van der Waals surface area contributed by atoms with Gasteiger partial charge in [0.1, 0.15) is 0 Å². The molecule has 2 aromatic rings. The van der Waals surface area contributed by atoms with Crippen LogP contribution in [0.25, 0.3) is 10.9 Å². The molecule has 3 rings (SSSR count). The highest BCUT2D eigenvalue weighted by molar-refractivity contribution is 5.82. The molecule has 0 unspecified atom stereocenters. The van der Waals surface area contributed by atoms with Crippen molar-refractivity contribution in [1.82, 2.24) is 10.3 Å². The molecule has 0 saturated carbocycles. The molecule has 1 aliphatic heterocycles. The standard InChI is InChI=1S/C21H30N2/c1-2-3-5-18-8-9-21-20(16-18)19(12-15-23-21)7-4-6-17-10-13-22-14-11-17/h8-9,12,15-17,22H,2-7,10-11,13-14H2,1H3. The van der Waals surface area contributed by atoms with Crippen LogP contribution in [0, 0.1) is 5.92 Å². The van der Waals surface area contributed by atoms with E-state index >= 15 is 0 Å². The topological polar surface area (TPSA) is 24.9 Å². The monoisotopic (exact) mass is 310 g/mol. The fourth-order valence-electron chi connectivity index (χ4n) is 3.76. The van der Waals surface area contributed by atoms with Crippen LogP contribution in [-0.2, 0) is 12.8 Å². The summed E-state index contributed by atoms with van der Waals surface area (Å²) in [6.07, 6.45) is 12.3. The predicted octanol–water partition coefficient (Wildman–Crippen LogP) is 4.90. The molecule has 1 aromatic carbocycles. The number of fused-ring (bicyclic) bond motifs is 1. The summed E-state index contributed by atoms with van der Waals surface area (Å²) in [5.41, 5.74) is 4.11. The van der Waals surface area contributed by atoms with E-state index < -0.39 is 0 Å². The van der Waals surface area contributed by atoms with Crippen LogP contribution in [0.3, 0.4) is 0 Å². The van der Waals surface area contributed by atoms with E-state index in [1.165, 1.54) is 81.0 Å². The third-order valence-electron chi connectivity index (χ3n) is 5.23. The second-order valence-electron chi connectivity index (χ2n) is 7.01. The van der Waals surface area contributed by atoms with Crippen LogP contribution in [-0.4, -0.2) is 18.1 Å². The SMILES string of the molecule is CCCCc1ccc2nccc(CCCC3CCNCC3)c2c1. The minimum atomic E-state index is 0.935. The number of piperidine rings is 1. The number of aromatic nitrogens is 1. The fourth-order valence-corrected chi connectivity index (χ4v) is 3.76. The van der Waals surface area contributed by atoms with Crippen molar-refractivity contribution in [2.24, 2.45) is 5.92 Å². The maximum Gasteiger partial charge on any atom is 0.0704 e. The first-order valence-corrected chi connectivity index (χ1v) is 9.44. The van der Waals surface area contributed by atoms with Crippen molar-refractivity contribution >= 4 is 10.9 Å². The van der Waals surface area contributed by atoms with Gasteiger partial charge in [0.15, 0.2) is 0 Å². The van der Waals surface area contributed by atoms with E-state index in [1.807, 2.05) is 6.20 Å². The van der Waals surface area contributed by atoms with Gasteiger partial charge in [-0.1, -0.05) is 25.8 Å². The highest BCUT2D eigenvalue weighted by Crippen LogP contribution is 2.23. The lowest BCUT2D eigenvalue weighted by Crippen LogP contribution is -2.27. The van der Waals surface area contributed by atoms with Crippen LogP contribution in [0.15, 0.2) is 30.5 Å². The molecule has 0 radical (unpaired) electrons. The minimum Gasteiger partial charge on any atom is -0.317 e. The minimum absolute atomic E-state index is 0.935. The van der Waals surface area contributed by atoms with Gasteiger partial charge < -0.3 is 5.32 Å². The normalized spacial score (nSPS) is 16.0. The summed E-state index contributed by atoms with van der Waals surface area (Å²) in [5.74, 6) is 0.935. The van der Waals surface area contributed by atoms with Gasteiger partial charge in [-0.25, -0.2) is 0 Å². The Balaban J connectivity index is 1.66. The lowest BCUT2D eigenvalue weighted by molar-refractivity contribution is 0.347. The van der Waals surface area contributed by atoms with E-state index in [1.54, 1.807) is 0 Å². The molecule has 2 heterocycles. The highest BCUT2D eigenvalue weighted by atomic mass is 14.9. The van der Waals surface area contributed by atoms with E-state index in [2.05, 4.69) is 41.5 Å². The summed E-state index contributed by atoms with van der Waals surface area (Å²) in [4.78, 5) is 4.55. The molecule has 2 nitrogen and oxygen atoms in total. The van der Waals surface area contributed by atoms with E-state index in [0.717, 1.165) is 11.4 Å². The number of benzene rings is 1. The summed E-state index contributed by atoms with van der Waals surface area (Å²) < 4.78 is 0. The lowest BCUT2D eigenvalue weighted by Gasteiger charge is -2.22.